The molecule has 0 aliphatic carbocycles. The van der Waals surface area contributed by atoms with E-state index in [1.165, 1.54) is 11.8 Å². The minimum Gasteiger partial charge on any atom is -0.460 e. The predicted molar refractivity (Wildman–Crippen MR) is 92.1 cm³/mol. The van der Waals surface area contributed by atoms with Gasteiger partial charge in [-0.05, 0) is 30.9 Å². The van der Waals surface area contributed by atoms with Crippen molar-refractivity contribution < 1.29 is 9.15 Å². The molecule has 3 heterocycles. The van der Waals surface area contributed by atoms with Gasteiger partial charge in [0.05, 0.1) is 0 Å². The fourth-order valence-corrected chi connectivity index (χ4v) is 3.06. The Bertz CT molecular complexity index is 881. The van der Waals surface area contributed by atoms with Gasteiger partial charge in [-0.15, -0.1) is 10.2 Å². The molecule has 1 aromatic carbocycles. The minimum absolute atomic E-state index is 0.456. The van der Waals surface area contributed by atoms with Crippen LogP contribution in [-0.4, -0.2) is 20.9 Å². The molecular weight excluding hydrogens is 324 g/mol. The molecule has 0 unspecified atom stereocenters. The first-order valence-electron chi connectivity index (χ1n) is 7.71. The standard InChI is InChI=1S/C17H16N4O2S/c1-3-24-17-19-16-14(20-21-17)11-6-4-5-7-12(11)18-15(23-16)13-9-8-10(2)22-13/h4-9,15,18H,3H2,1-2H3/t15-/m1/s1. The van der Waals surface area contributed by atoms with Crippen LogP contribution in [0.3, 0.4) is 0 Å². The molecule has 6 nitrogen and oxygen atoms in total. The van der Waals surface area contributed by atoms with E-state index in [1.54, 1.807) is 0 Å². The highest BCUT2D eigenvalue weighted by Gasteiger charge is 2.27. The number of nitrogens with zero attached hydrogens (tertiary/aromatic N) is 3. The number of hydrogen-bond donors (Lipinski definition) is 1. The van der Waals surface area contributed by atoms with Crippen molar-refractivity contribution in [1.82, 2.24) is 15.2 Å². The number of hydrogen-bond acceptors (Lipinski definition) is 7. The molecule has 1 N–H and O–H groups in total. The van der Waals surface area contributed by atoms with Crippen molar-refractivity contribution in [3.05, 3.63) is 47.9 Å². The van der Waals surface area contributed by atoms with Crippen LogP contribution in [0.5, 0.6) is 5.88 Å². The van der Waals surface area contributed by atoms with Gasteiger partial charge >= 0.3 is 0 Å². The third-order valence-electron chi connectivity index (χ3n) is 3.63. The highest BCUT2D eigenvalue weighted by Crippen LogP contribution is 2.39. The summed E-state index contributed by atoms with van der Waals surface area (Å²) < 4.78 is 11.8. The lowest BCUT2D eigenvalue weighted by Crippen LogP contribution is -2.16. The van der Waals surface area contributed by atoms with Crippen LogP contribution in [0, 0.1) is 6.92 Å². The zero-order valence-corrected chi connectivity index (χ0v) is 14.1. The Balaban J connectivity index is 1.83. The molecule has 24 heavy (non-hydrogen) atoms. The summed E-state index contributed by atoms with van der Waals surface area (Å²) in [7, 11) is 0. The fraction of sp³-hybridized carbons (Fsp3) is 0.235. The van der Waals surface area contributed by atoms with E-state index in [0.29, 0.717) is 22.5 Å². The van der Waals surface area contributed by atoms with Gasteiger partial charge in [0.2, 0.25) is 17.3 Å². The zero-order valence-electron chi connectivity index (χ0n) is 13.3. The summed E-state index contributed by atoms with van der Waals surface area (Å²) >= 11 is 1.53. The SMILES string of the molecule is CCSc1nnc2c(n1)O[C@H](c1ccc(C)o1)Nc1ccccc1-2. The molecule has 1 aliphatic rings. The average Bonchev–Trinajstić information content (AvgIpc) is 2.95. The number of thioether (sulfide) groups is 1. The first-order chi connectivity index (χ1) is 11.7. The molecule has 0 bridgehead atoms. The van der Waals surface area contributed by atoms with E-state index >= 15 is 0 Å². The first-order valence-corrected chi connectivity index (χ1v) is 8.69. The number of fused-ring (bicyclic) bond motifs is 3. The van der Waals surface area contributed by atoms with E-state index < -0.39 is 6.23 Å². The number of furan rings is 1. The van der Waals surface area contributed by atoms with Gasteiger partial charge in [-0.25, -0.2) is 0 Å². The lowest BCUT2D eigenvalue weighted by atomic mass is 10.1. The van der Waals surface area contributed by atoms with Gasteiger partial charge in [-0.2, -0.15) is 4.98 Å². The van der Waals surface area contributed by atoms with Gasteiger partial charge in [0, 0.05) is 11.3 Å². The summed E-state index contributed by atoms with van der Waals surface area (Å²) in [4.78, 5) is 4.53. The van der Waals surface area contributed by atoms with Crippen LogP contribution in [0.15, 0.2) is 46.0 Å². The summed E-state index contributed by atoms with van der Waals surface area (Å²) in [6.07, 6.45) is -0.475. The monoisotopic (exact) mass is 340 g/mol. The van der Waals surface area contributed by atoms with Gasteiger partial charge < -0.3 is 14.5 Å². The largest absolute Gasteiger partial charge is 0.460 e. The van der Waals surface area contributed by atoms with Crippen LogP contribution < -0.4 is 10.1 Å². The Hall–Kier alpha value is -2.54. The van der Waals surface area contributed by atoms with Crippen LogP contribution in [0.2, 0.25) is 0 Å². The predicted octanol–water partition coefficient (Wildman–Crippen LogP) is 4.06. The third-order valence-corrected chi connectivity index (χ3v) is 4.35. The topological polar surface area (TPSA) is 73.1 Å². The summed E-state index contributed by atoms with van der Waals surface area (Å²) in [6, 6.07) is 11.7. The Morgan fingerprint density at radius 1 is 1.17 bits per heavy atom. The average molecular weight is 340 g/mol. The number of nitrogens with one attached hydrogen (secondary N) is 1. The minimum atomic E-state index is -0.475. The summed E-state index contributed by atoms with van der Waals surface area (Å²) in [5.41, 5.74) is 2.44. The van der Waals surface area contributed by atoms with Gasteiger partial charge in [-0.3, -0.25) is 0 Å². The number of anilines is 1. The second-order valence-corrected chi connectivity index (χ2v) is 6.55. The number of aromatic nitrogens is 3. The van der Waals surface area contributed by atoms with E-state index in [9.17, 15) is 0 Å². The number of benzene rings is 1. The van der Waals surface area contributed by atoms with Crippen molar-refractivity contribution in [2.45, 2.75) is 25.2 Å². The molecule has 1 aliphatic heterocycles. The summed E-state index contributed by atoms with van der Waals surface area (Å²) in [5, 5.41) is 12.5. The Morgan fingerprint density at radius 3 is 2.83 bits per heavy atom. The molecule has 4 rings (SSSR count). The third kappa shape index (κ3) is 2.71. The van der Waals surface area contributed by atoms with E-state index in [0.717, 1.165) is 22.8 Å². The zero-order chi connectivity index (χ0) is 16.5. The van der Waals surface area contributed by atoms with Crippen LogP contribution in [0.1, 0.15) is 24.7 Å². The Kier molecular flexibility index (Phi) is 3.86. The maximum atomic E-state index is 6.09. The number of rotatable bonds is 3. The van der Waals surface area contributed by atoms with E-state index in [-0.39, 0.29) is 0 Å². The van der Waals surface area contributed by atoms with Crippen molar-refractivity contribution in [2.24, 2.45) is 0 Å². The highest BCUT2D eigenvalue weighted by molar-refractivity contribution is 7.99. The van der Waals surface area contributed by atoms with Gasteiger partial charge in [0.1, 0.15) is 5.76 Å². The molecule has 0 saturated carbocycles. The van der Waals surface area contributed by atoms with E-state index in [1.807, 2.05) is 50.2 Å². The van der Waals surface area contributed by atoms with E-state index in [4.69, 9.17) is 9.15 Å². The summed E-state index contributed by atoms with van der Waals surface area (Å²) in [6.45, 7) is 3.95. The quantitative estimate of drug-likeness (QED) is 0.721. The first kappa shape index (κ1) is 15.0. The van der Waals surface area contributed by atoms with Gasteiger partial charge in [0.15, 0.2) is 11.5 Å². The molecular formula is C17H16N4O2S. The molecule has 122 valence electrons. The Labute approximate surface area is 143 Å². The fourth-order valence-electron chi connectivity index (χ4n) is 2.56. The lowest BCUT2D eigenvalue weighted by molar-refractivity contribution is 0.194. The van der Waals surface area contributed by atoms with Crippen LogP contribution >= 0.6 is 11.8 Å². The molecule has 2 aromatic heterocycles. The number of ether oxygens (including phenoxy) is 1. The maximum absolute atomic E-state index is 6.09. The summed E-state index contributed by atoms with van der Waals surface area (Å²) in [5.74, 6) is 2.85. The highest BCUT2D eigenvalue weighted by atomic mass is 32.2. The van der Waals surface area contributed by atoms with Crippen LogP contribution in [0.25, 0.3) is 11.3 Å². The van der Waals surface area contributed by atoms with Crippen molar-refractivity contribution >= 4 is 17.4 Å². The van der Waals surface area contributed by atoms with Crippen LogP contribution in [0.4, 0.5) is 5.69 Å². The normalized spacial score (nSPS) is 15.7. The van der Waals surface area contributed by atoms with Crippen molar-refractivity contribution in [2.75, 3.05) is 11.1 Å². The maximum Gasteiger partial charge on any atom is 0.247 e. The van der Waals surface area contributed by atoms with Crippen molar-refractivity contribution in [1.29, 1.82) is 0 Å². The molecule has 0 saturated heterocycles. The van der Waals surface area contributed by atoms with Gasteiger partial charge in [0.25, 0.3) is 0 Å². The van der Waals surface area contributed by atoms with E-state index in [2.05, 4.69) is 20.5 Å². The molecule has 1 atom stereocenters. The molecule has 7 heteroatoms. The van der Waals surface area contributed by atoms with Crippen molar-refractivity contribution in [3.63, 3.8) is 0 Å². The lowest BCUT2D eigenvalue weighted by Gasteiger charge is -2.16. The van der Waals surface area contributed by atoms with Crippen LogP contribution in [-0.2, 0) is 0 Å². The second-order valence-electron chi connectivity index (χ2n) is 5.32. The number of aryl methyl sites for hydroxylation is 1. The molecule has 0 spiro atoms. The molecule has 0 amide bonds. The smallest absolute Gasteiger partial charge is 0.247 e. The Morgan fingerprint density at radius 2 is 2.04 bits per heavy atom. The molecule has 0 radical (unpaired) electrons. The second kappa shape index (κ2) is 6.16. The number of para-hydroxylation sites is 1. The van der Waals surface area contributed by atoms with Crippen molar-refractivity contribution in [3.8, 4) is 17.1 Å². The van der Waals surface area contributed by atoms with Gasteiger partial charge in [-0.1, -0.05) is 36.9 Å². The molecule has 0 fully saturated rings. The molecule has 3 aromatic rings.